The molecule has 0 spiro atoms. The molecule has 37 heavy (non-hydrogen) atoms. The predicted octanol–water partition coefficient (Wildman–Crippen LogP) is 8.95. The largest absolute Gasteiger partial charge is 0.394 e. The molecule has 4 heteroatoms. The zero-order chi connectivity index (χ0) is 27.2. The van der Waals surface area contributed by atoms with Gasteiger partial charge in [0.2, 0.25) is 5.91 Å². The minimum atomic E-state index is -0.854. The van der Waals surface area contributed by atoms with Crippen LogP contribution in [0.2, 0.25) is 0 Å². The summed E-state index contributed by atoms with van der Waals surface area (Å²) in [4.78, 5) is 12.2. The fourth-order valence-electron chi connectivity index (χ4n) is 4.66. The highest BCUT2D eigenvalue weighted by molar-refractivity contribution is 5.76. The quantitative estimate of drug-likeness (QED) is 0.0711. The van der Waals surface area contributed by atoms with Gasteiger partial charge in [-0.15, -0.1) is 0 Å². The number of allylic oxidation sites excluding steroid dienone is 3. The molecule has 0 heterocycles. The van der Waals surface area contributed by atoms with Crippen molar-refractivity contribution in [3.63, 3.8) is 0 Å². The van der Waals surface area contributed by atoms with Gasteiger partial charge in [-0.2, -0.15) is 0 Å². The lowest BCUT2D eigenvalue weighted by Gasteiger charge is -2.19. The molecule has 0 aliphatic heterocycles. The zero-order valence-corrected chi connectivity index (χ0v) is 24.7. The Kier molecular flexibility index (Phi) is 28.5. The summed E-state index contributed by atoms with van der Waals surface area (Å²) in [6, 6.07) is -0.631. The first kappa shape index (κ1) is 35.9. The van der Waals surface area contributed by atoms with E-state index in [1.54, 1.807) is 6.08 Å². The Morgan fingerprint density at radius 3 is 1.57 bits per heavy atom. The summed E-state index contributed by atoms with van der Waals surface area (Å²) in [7, 11) is 0. The van der Waals surface area contributed by atoms with Crippen LogP contribution in [-0.4, -0.2) is 34.9 Å². The van der Waals surface area contributed by atoms with E-state index in [0.29, 0.717) is 6.42 Å². The van der Waals surface area contributed by atoms with Gasteiger partial charge in [-0.1, -0.05) is 147 Å². The topological polar surface area (TPSA) is 69.6 Å². The second-order valence-electron chi connectivity index (χ2n) is 10.9. The Morgan fingerprint density at radius 1 is 0.622 bits per heavy atom. The molecule has 0 aliphatic rings. The highest BCUT2D eigenvalue weighted by Gasteiger charge is 2.17. The van der Waals surface area contributed by atoms with Gasteiger partial charge in [0.25, 0.3) is 0 Å². The predicted molar refractivity (Wildman–Crippen MR) is 161 cm³/mol. The van der Waals surface area contributed by atoms with Crippen LogP contribution in [0.15, 0.2) is 24.3 Å². The number of hydrogen-bond donors (Lipinski definition) is 3. The first-order valence-electron chi connectivity index (χ1n) is 16.1. The van der Waals surface area contributed by atoms with Crippen molar-refractivity contribution in [3.8, 4) is 0 Å². The number of aliphatic hydroxyl groups is 2. The van der Waals surface area contributed by atoms with Crippen LogP contribution >= 0.6 is 0 Å². The number of carbonyl (C=O) groups excluding carboxylic acids is 1. The summed E-state index contributed by atoms with van der Waals surface area (Å²) in [5, 5.41) is 22.7. The minimum Gasteiger partial charge on any atom is -0.394 e. The molecule has 0 unspecified atom stereocenters. The van der Waals surface area contributed by atoms with E-state index in [2.05, 4.69) is 31.3 Å². The Morgan fingerprint density at radius 2 is 1.05 bits per heavy atom. The maximum absolute atomic E-state index is 12.2. The molecule has 0 aromatic carbocycles. The lowest BCUT2D eigenvalue weighted by atomic mass is 10.0. The molecule has 0 bridgehead atoms. The maximum atomic E-state index is 12.2. The molecule has 0 aromatic rings. The number of aliphatic hydroxyl groups excluding tert-OH is 2. The summed E-state index contributed by atoms with van der Waals surface area (Å²) < 4.78 is 0. The second-order valence-corrected chi connectivity index (χ2v) is 10.9. The third kappa shape index (κ3) is 26.3. The Bertz CT molecular complexity index is 532. The third-order valence-electron chi connectivity index (χ3n) is 7.19. The Hall–Kier alpha value is -1.13. The average Bonchev–Trinajstić information content (AvgIpc) is 2.90. The number of amides is 1. The van der Waals surface area contributed by atoms with E-state index in [4.69, 9.17) is 0 Å². The Labute approximate surface area is 230 Å². The van der Waals surface area contributed by atoms with Gasteiger partial charge < -0.3 is 15.5 Å². The third-order valence-corrected chi connectivity index (χ3v) is 7.19. The first-order valence-corrected chi connectivity index (χ1v) is 16.1. The number of carbonyl (C=O) groups is 1. The molecule has 0 aromatic heterocycles. The second kappa shape index (κ2) is 29.4. The van der Waals surface area contributed by atoms with Crippen molar-refractivity contribution in [1.82, 2.24) is 5.32 Å². The van der Waals surface area contributed by atoms with E-state index in [0.717, 1.165) is 32.1 Å². The lowest BCUT2D eigenvalue weighted by Crippen LogP contribution is -2.45. The van der Waals surface area contributed by atoms with Gasteiger partial charge in [0.1, 0.15) is 0 Å². The highest BCUT2D eigenvalue weighted by Crippen LogP contribution is 2.12. The molecule has 1 amide bonds. The van der Waals surface area contributed by atoms with Crippen LogP contribution < -0.4 is 5.32 Å². The zero-order valence-electron chi connectivity index (χ0n) is 24.7. The molecule has 0 fully saturated rings. The SMILES string of the molecule is CCCCCCCCCC/C=C/CC/C=C/[C@@H](O)[C@H](CO)NC(=O)CCCCCCCCCCCCC. The molecule has 0 radical (unpaired) electrons. The van der Waals surface area contributed by atoms with Crippen LogP contribution in [0.5, 0.6) is 0 Å². The van der Waals surface area contributed by atoms with Crippen LogP contribution in [0.3, 0.4) is 0 Å². The van der Waals surface area contributed by atoms with Crippen molar-refractivity contribution >= 4 is 5.91 Å². The fraction of sp³-hybridized carbons (Fsp3) is 0.848. The summed E-state index contributed by atoms with van der Waals surface area (Å²) in [6.45, 7) is 4.26. The van der Waals surface area contributed by atoms with Gasteiger partial charge in [-0.3, -0.25) is 4.79 Å². The lowest BCUT2D eigenvalue weighted by molar-refractivity contribution is -0.123. The number of nitrogens with one attached hydrogen (secondary N) is 1. The molecule has 2 atom stereocenters. The average molecular weight is 522 g/mol. The van der Waals surface area contributed by atoms with Crippen LogP contribution in [0.4, 0.5) is 0 Å². The molecule has 0 saturated heterocycles. The standard InChI is InChI=1S/C33H63NO3/c1-3-5-7-9-11-13-15-16-17-19-20-22-24-26-28-32(36)31(30-35)34-33(37)29-27-25-23-21-18-14-12-10-8-6-4-2/h19-20,26,28,31-32,35-36H,3-18,21-25,27,29-30H2,1-2H3,(H,34,37)/b20-19+,28-26+/t31-,32+/m0/s1. The van der Waals surface area contributed by atoms with Crippen molar-refractivity contribution < 1.29 is 15.0 Å². The summed E-state index contributed by atoms with van der Waals surface area (Å²) >= 11 is 0. The smallest absolute Gasteiger partial charge is 0.220 e. The summed E-state index contributed by atoms with van der Waals surface area (Å²) in [5.74, 6) is -0.0775. The number of hydrogen-bond acceptors (Lipinski definition) is 3. The molecule has 0 aliphatic carbocycles. The molecule has 0 saturated carbocycles. The van der Waals surface area contributed by atoms with Crippen molar-refractivity contribution in [2.75, 3.05) is 6.61 Å². The van der Waals surface area contributed by atoms with E-state index in [-0.39, 0.29) is 12.5 Å². The van der Waals surface area contributed by atoms with E-state index in [1.807, 2.05) is 6.08 Å². The van der Waals surface area contributed by atoms with E-state index < -0.39 is 12.1 Å². The van der Waals surface area contributed by atoms with Crippen molar-refractivity contribution in [3.05, 3.63) is 24.3 Å². The molecule has 0 rings (SSSR count). The van der Waals surface area contributed by atoms with Gasteiger partial charge in [-0.25, -0.2) is 0 Å². The monoisotopic (exact) mass is 521 g/mol. The van der Waals surface area contributed by atoms with Gasteiger partial charge in [0, 0.05) is 6.42 Å². The first-order chi connectivity index (χ1) is 18.2. The Balaban J connectivity index is 3.72. The van der Waals surface area contributed by atoms with Gasteiger partial charge in [-0.05, 0) is 32.1 Å². The van der Waals surface area contributed by atoms with Crippen molar-refractivity contribution in [2.24, 2.45) is 0 Å². The van der Waals surface area contributed by atoms with E-state index in [1.165, 1.54) is 109 Å². The van der Waals surface area contributed by atoms with Crippen molar-refractivity contribution in [2.45, 2.75) is 174 Å². The van der Waals surface area contributed by atoms with Crippen molar-refractivity contribution in [1.29, 1.82) is 0 Å². The van der Waals surface area contributed by atoms with E-state index >= 15 is 0 Å². The summed E-state index contributed by atoms with van der Waals surface area (Å²) in [6.07, 6.45) is 35.3. The van der Waals surface area contributed by atoms with E-state index in [9.17, 15) is 15.0 Å². The molecule has 4 nitrogen and oxygen atoms in total. The van der Waals surface area contributed by atoms with Gasteiger partial charge in [0.15, 0.2) is 0 Å². The molecular weight excluding hydrogens is 458 g/mol. The van der Waals surface area contributed by atoms with Crippen LogP contribution in [0.1, 0.15) is 162 Å². The van der Waals surface area contributed by atoms with Crippen LogP contribution in [-0.2, 0) is 4.79 Å². The molecular formula is C33H63NO3. The minimum absolute atomic E-state index is 0.0775. The highest BCUT2D eigenvalue weighted by atomic mass is 16.3. The van der Waals surface area contributed by atoms with Gasteiger partial charge in [0.05, 0.1) is 18.8 Å². The summed E-state index contributed by atoms with van der Waals surface area (Å²) in [5.41, 5.74) is 0. The van der Waals surface area contributed by atoms with Crippen LogP contribution in [0.25, 0.3) is 0 Å². The normalized spacial score (nSPS) is 13.5. The molecule has 218 valence electrons. The number of unbranched alkanes of at least 4 members (excludes halogenated alkanes) is 19. The van der Waals surface area contributed by atoms with Gasteiger partial charge >= 0.3 is 0 Å². The fourth-order valence-corrected chi connectivity index (χ4v) is 4.66. The number of rotatable bonds is 28. The molecule has 3 N–H and O–H groups in total. The maximum Gasteiger partial charge on any atom is 0.220 e. The van der Waals surface area contributed by atoms with Crippen LogP contribution in [0, 0.1) is 0 Å².